The van der Waals surface area contributed by atoms with Gasteiger partial charge in [0, 0.05) is 31.6 Å². The lowest BCUT2D eigenvalue weighted by Gasteiger charge is -2.38. The SMILES string of the molecule is CC(C)n1c(CNC(=O)CC2(n3cccc3)CCOCC2)nc2ccccc21. The van der Waals surface area contributed by atoms with Gasteiger partial charge in [0.15, 0.2) is 0 Å². The van der Waals surface area contributed by atoms with Gasteiger partial charge < -0.3 is 19.2 Å². The van der Waals surface area contributed by atoms with Gasteiger partial charge in [0.25, 0.3) is 0 Å². The van der Waals surface area contributed by atoms with E-state index in [1.807, 2.05) is 30.3 Å². The lowest BCUT2D eigenvalue weighted by molar-refractivity contribution is -0.124. The van der Waals surface area contributed by atoms with Crippen molar-refractivity contribution in [1.29, 1.82) is 0 Å². The van der Waals surface area contributed by atoms with E-state index in [1.54, 1.807) is 0 Å². The molecule has 0 aliphatic carbocycles. The van der Waals surface area contributed by atoms with Crippen molar-refractivity contribution in [3.63, 3.8) is 0 Å². The molecular weight excluding hydrogens is 352 g/mol. The highest BCUT2D eigenvalue weighted by Gasteiger charge is 2.36. The molecule has 0 radical (unpaired) electrons. The molecule has 1 saturated heterocycles. The van der Waals surface area contributed by atoms with Crippen LogP contribution in [0.15, 0.2) is 48.8 Å². The van der Waals surface area contributed by atoms with Crippen LogP contribution in [-0.2, 0) is 21.6 Å². The number of hydrogen-bond acceptors (Lipinski definition) is 3. The van der Waals surface area contributed by atoms with Crippen LogP contribution < -0.4 is 5.32 Å². The molecule has 0 bridgehead atoms. The lowest BCUT2D eigenvalue weighted by Crippen LogP contribution is -2.43. The Bertz CT molecular complexity index is 937. The van der Waals surface area contributed by atoms with Crippen LogP contribution >= 0.6 is 0 Å². The number of carbonyl (C=O) groups excluding carboxylic acids is 1. The van der Waals surface area contributed by atoms with Crippen molar-refractivity contribution in [3.8, 4) is 0 Å². The predicted octanol–water partition coefficient (Wildman–Crippen LogP) is 3.63. The molecule has 148 valence electrons. The number of para-hydroxylation sites is 2. The largest absolute Gasteiger partial charge is 0.381 e. The van der Waals surface area contributed by atoms with Gasteiger partial charge in [0.1, 0.15) is 5.82 Å². The highest BCUT2D eigenvalue weighted by molar-refractivity contribution is 5.78. The molecule has 4 rings (SSSR count). The van der Waals surface area contributed by atoms with Crippen LogP contribution in [0.5, 0.6) is 0 Å². The maximum absolute atomic E-state index is 12.9. The van der Waals surface area contributed by atoms with Crippen LogP contribution in [0.3, 0.4) is 0 Å². The van der Waals surface area contributed by atoms with E-state index in [9.17, 15) is 4.79 Å². The van der Waals surface area contributed by atoms with Crippen LogP contribution in [0.25, 0.3) is 11.0 Å². The number of nitrogens with one attached hydrogen (secondary N) is 1. The van der Waals surface area contributed by atoms with Gasteiger partial charge in [-0.05, 0) is 51.0 Å². The van der Waals surface area contributed by atoms with Crippen molar-refractivity contribution in [2.45, 2.75) is 51.2 Å². The Morgan fingerprint density at radius 3 is 2.61 bits per heavy atom. The number of carbonyl (C=O) groups is 1. The summed E-state index contributed by atoms with van der Waals surface area (Å²) >= 11 is 0. The van der Waals surface area contributed by atoms with Crippen molar-refractivity contribution in [3.05, 3.63) is 54.6 Å². The molecule has 1 aliphatic rings. The van der Waals surface area contributed by atoms with E-state index in [-0.39, 0.29) is 17.5 Å². The fourth-order valence-electron chi connectivity index (χ4n) is 4.26. The molecule has 1 N–H and O–H groups in total. The van der Waals surface area contributed by atoms with Gasteiger partial charge in [0.05, 0.1) is 29.5 Å². The lowest BCUT2D eigenvalue weighted by atomic mass is 9.86. The average molecular weight is 380 g/mol. The number of amides is 1. The summed E-state index contributed by atoms with van der Waals surface area (Å²) in [5.41, 5.74) is 1.87. The number of rotatable bonds is 6. The Hall–Kier alpha value is -2.60. The van der Waals surface area contributed by atoms with E-state index in [0.717, 1.165) is 29.7 Å². The van der Waals surface area contributed by atoms with Gasteiger partial charge in [0.2, 0.25) is 5.91 Å². The molecule has 6 nitrogen and oxygen atoms in total. The first-order chi connectivity index (χ1) is 13.6. The summed E-state index contributed by atoms with van der Waals surface area (Å²) in [4.78, 5) is 17.6. The summed E-state index contributed by atoms with van der Waals surface area (Å²) in [5.74, 6) is 0.949. The normalized spacial score (nSPS) is 16.5. The number of fused-ring (bicyclic) bond motifs is 1. The first-order valence-corrected chi connectivity index (χ1v) is 10.0. The second kappa shape index (κ2) is 7.80. The molecule has 3 aromatic rings. The number of benzene rings is 1. The van der Waals surface area contributed by atoms with Crippen LogP contribution in [-0.4, -0.2) is 33.2 Å². The quantitative estimate of drug-likeness (QED) is 0.710. The Labute approximate surface area is 165 Å². The van der Waals surface area contributed by atoms with E-state index < -0.39 is 0 Å². The zero-order valence-corrected chi connectivity index (χ0v) is 16.6. The molecule has 0 unspecified atom stereocenters. The average Bonchev–Trinajstić information content (AvgIpc) is 3.35. The van der Waals surface area contributed by atoms with Gasteiger partial charge >= 0.3 is 0 Å². The van der Waals surface area contributed by atoms with E-state index >= 15 is 0 Å². The highest BCUT2D eigenvalue weighted by Crippen LogP contribution is 2.33. The van der Waals surface area contributed by atoms with Gasteiger partial charge in [-0.15, -0.1) is 0 Å². The summed E-state index contributed by atoms with van der Waals surface area (Å²) < 4.78 is 9.93. The van der Waals surface area contributed by atoms with Crippen LogP contribution in [0.4, 0.5) is 0 Å². The van der Waals surface area contributed by atoms with Crippen molar-refractivity contribution >= 4 is 16.9 Å². The Morgan fingerprint density at radius 1 is 1.18 bits per heavy atom. The van der Waals surface area contributed by atoms with Crippen molar-refractivity contribution in [2.75, 3.05) is 13.2 Å². The van der Waals surface area contributed by atoms with Gasteiger partial charge in [-0.3, -0.25) is 4.79 Å². The Kier molecular flexibility index (Phi) is 5.22. The minimum Gasteiger partial charge on any atom is -0.381 e. The topological polar surface area (TPSA) is 61.1 Å². The summed E-state index contributed by atoms with van der Waals surface area (Å²) in [6.45, 7) is 6.10. The summed E-state index contributed by atoms with van der Waals surface area (Å²) in [7, 11) is 0. The van der Waals surface area contributed by atoms with Crippen molar-refractivity contribution in [2.24, 2.45) is 0 Å². The third-order valence-electron chi connectivity index (χ3n) is 5.69. The monoisotopic (exact) mass is 380 g/mol. The fourth-order valence-corrected chi connectivity index (χ4v) is 4.26. The third-order valence-corrected chi connectivity index (χ3v) is 5.69. The molecule has 1 aromatic carbocycles. The molecule has 3 heterocycles. The molecule has 2 aromatic heterocycles. The number of ether oxygens (including phenoxy) is 1. The minimum absolute atomic E-state index is 0.0537. The molecule has 28 heavy (non-hydrogen) atoms. The van der Waals surface area contributed by atoms with Gasteiger partial charge in [-0.2, -0.15) is 0 Å². The van der Waals surface area contributed by atoms with Crippen LogP contribution in [0, 0.1) is 0 Å². The molecule has 1 amide bonds. The third kappa shape index (κ3) is 3.56. The van der Waals surface area contributed by atoms with Crippen LogP contribution in [0.1, 0.15) is 45.0 Å². The first kappa shape index (κ1) is 18.7. The number of nitrogens with zero attached hydrogens (tertiary/aromatic N) is 3. The second-order valence-corrected chi connectivity index (χ2v) is 7.86. The number of aromatic nitrogens is 3. The number of hydrogen-bond donors (Lipinski definition) is 1. The first-order valence-electron chi connectivity index (χ1n) is 10.0. The van der Waals surface area contributed by atoms with Crippen molar-refractivity contribution < 1.29 is 9.53 Å². The Balaban J connectivity index is 1.50. The van der Waals surface area contributed by atoms with E-state index in [4.69, 9.17) is 9.72 Å². The summed E-state index contributed by atoms with van der Waals surface area (Å²) in [6.07, 6.45) is 6.25. The summed E-state index contributed by atoms with van der Waals surface area (Å²) in [5, 5.41) is 3.11. The smallest absolute Gasteiger partial charge is 0.222 e. The van der Waals surface area contributed by atoms with E-state index in [1.165, 1.54) is 0 Å². The highest BCUT2D eigenvalue weighted by atomic mass is 16.5. The predicted molar refractivity (Wildman–Crippen MR) is 109 cm³/mol. The standard InChI is InChI=1S/C22H28N4O2/c1-17(2)26-19-8-4-3-7-18(19)24-20(26)16-23-21(27)15-22(9-13-28-14-10-22)25-11-5-6-12-25/h3-8,11-12,17H,9-10,13-16H2,1-2H3,(H,23,27). The maximum atomic E-state index is 12.9. The van der Waals surface area contributed by atoms with E-state index in [0.29, 0.717) is 26.2 Å². The zero-order valence-electron chi connectivity index (χ0n) is 16.6. The Morgan fingerprint density at radius 2 is 1.89 bits per heavy atom. The molecular formula is C22H28N4O2. The molecule has 6 heteroatoms. The van der Waals surface area contributed by atoms with Gasteiger partial charge in [-0.25, -0.2) is 4.98 Å². The summed E-state index contributed by atoms with van der Waals surface area (Å²) in [6, 6.07) is 12.4. The molecule has 1 aliphatic heterocycles. The van der Waals surface area contributed by atoms with Gasteiger partial charge in [-0.1, -0.05) is 12.1 Å². The zero-order chi connectivity index (χ0) is 19.6. The second-order valence-electron chi connectivity index (χ2n) is 7.86. The minimum atomic E-state index is -0.204. The van der Waals surface area contributed by atoms with Crippen LogP contribution in [0.2, 0.25) is 0 Å². The van der Waals surface area contributed by atoms with Crippen molar-refractivity contribution in [1.82, 2.24) is 19.4 Å². The maximum Gasteiger partial charge on any atom is 0.222 e. The van der Waals surface area contributed by atoms with E-state index in [2.05, 4.69) is 46.8 Å². The molecule has 0 saturated carbocycles. The molecule has 0 atom stereocenters. The number of imidazole rings is 1. The fraction of sp³-hybridized carbons (Fsp3) is 0.455. The molecule has 0 spiro atoms. The molecule has 1 fully saturated rings.